The highest BCUT2D eigenvalue weighted by Gasteiger charge is 2.21. The number of aromatic nitrogens is 4. The highest BCUT2D eigenvalue weighted by Crippen LogP contribution is 2.30. The molecule has 0 aromatic carbocycles. The minimum Gasteiger partial charge on any atom is -0.379 e. The number of morpholine rings is 1. The Hall–Kier alpha value is -1.66. The minimum absolute atomic E-state index is 0.434. The molecule has 0 spiro atoms. The number of hydrogen-bond donors (Lipinski definition) is 0. The predicted molar refractivity (Wildman–Crippen MR) is 102 cm³/mol. The molecular formula is C20H31N5O. The second kappa shape index (κ2) is 8.35. The van der Waals surface area contributed by atoms with E-state index in [1.165, 1.54) is 43.4 Å². The van der Waals surface area contributed by atoms with Crippen LogP contribution in [-0.4, -0.2) is 57.1 Å². The molecule has 0 bridgehead atoms. The Labute approximate surface area is 156 Å². The zero-order valence-corrected chi connectivity index (χ0v) is 15.9. The standard InChI is InChI=1S/C20H31N5O/c1-2-18(15-23-8-10-26-11-9-23)24-16-21-13-20(24)17-12-22-25(14-17)19-6-4-3-5-7-19/h12-14,16,18-19H,2-11,15H2,1H3/t18-/m1/s1. The van der Waals surface area contributed by atoms with E-state index in [0.717, 1.165) is 39.3 Å². The molecule has 26 heavy (non-hydrogen) atoms. The maximum atomic E-state index is 5.49. The van der Waals surface area contributed by atoms with Crippen molar-refractivity contribution in [1.29, 1.82) is 0 Å². The van der Waals surface area contributed by atoms with Gasteiger partial charge in [0.2, 0.25) is 0 Å². The topological polar surface area (TPSA) is 48.1 Å². The number of hydrogen-bond acceptors (Lipinski definition) is 4. The summed E-state index contributed by atoms with van der Waals surface area (Å²) < 4.78 is 10.0. The highest BCUT2D eigenvalue weighted by molar-refractivity contribution is 5.56. The van der Waals surface area contributed by atoms with Crippen molar-refractivity contribution in [3.63, 3.8) is 0 Å². The lowest BCUT2D eigenvalue weighted by molar-refractivity contribution is 0.0313. The molecule has 6 nitrogen and oxygen atoms in total. The van der Waals surface area contributed by atoms with Gasteiger partial charge in [-0.05, 0) is 19.3 Å². The maximum Gasteiger partial charge on any atom is 0.0954 e. The van der Waals surface area contributed by atoms with Crippen LogP contribution in [0, 0.1) is 0 Å². The molecule has 3 heterocycles. The number of ether oxygens (including phenoxy) is 1. The average molecular weight is 358 g/mol. The number of imidazole rings is 1. The molecule has 1 saturated carbocycles. The van der Waals surface area contributed by atoms with E-state index in [4.69, 9.17) is 4.74 Å². The first kappa shape index (κ1) is 17.7. The van der Waals surface area contributed by atoms with Gasteiger partial charge in [0.05, 0.1) is 43.7 Å². The first-order valence-electron chi connectivity index (χ1n) is 10.2. The minimum atomic E-state index is 0.434. The van der Waals surface area contributed by atoms with Crippen LogP contribution in [0.1, 0.15) is 57.5 Å². The van der Waals surface area contributed by atoms with Gasteiger partial charge in [-0.15, -0.1) is 0 Å². The van der Waals surface area contributed by atoms with Crippen LogP contribution in [0.15, 0.2) is 24.9 Å². The van der Waals surface area contributed by atoms with Crippen molar-refractivity contribution >= 4 is 0 Å². The van der Waals surface area contributed by atoms with Crippen molar-refractivity contribution in [3.8, 4) is 11.3 Å². The van der Waals surface area contributed by atoms with Crippen LogP contribution in [0.25, 0.3) is 11.3 Å². The molecule has 2 aliphatic rings. The summed E-state index contributed by atoms with van der Waals surface area (Å²) in [6, 6.07) is 1.01. The summed E-state index contributed by atoms with van der Waals surface area (Å²) in [5.41, 5.74) is 2.38. The molecule has 2 fully saturated rings. The van der Waals surface area contributed by atoms with Gasteiger partial charge < -0.3 is 9.30 Å². The van der Waals surface area contributed by atoms with E-state index in [1.54, 1.807) is 0 Å². The molecule has 1 aliphatic heterocycles. The fraction of sp³-hybridized carbons (Fsp3) is 0.700. The lowest BCUT2D eigenvalue weighted by atomic mass is 9.96. The van der Waals surface area contributed by atoms with Gasteiger partial charge in [0.1, 0.15) is 0 Å². The van der Waals surface area contributed by atoms with Gasteiger partial charge in [-0.25, -0.2) is 4.98 Å². The molecule has 2 aromatic heterocycles. The molecule has 1 atom stereocenters. The van der Waals surface area contributed by atoms with E-state index >= 15 is 0 Å². The van der Waals surface area contributed by atoms with Crippen molar-refractivity contribution in [2.75, 3.05) is 32.8 Å². The third-order valence-electron chi connectivity index (χ3n) is 5.95. The summed E-state index contributed by atoms with van der Waals surface area (Å²) in [6.45, 7) is 7.07. The molecular weight excluding hydrogens is 326 g/mol. The van der Waals surface area contributed by atoms with Crippen molar-refractivity contribution in [2.24, 2.45) is 0 Å². The Kier molecular flexibility index (Phi) is 5.70. The van der Waals surface area contributed by atoms with Gasteiger partial charge in [0.15, 0.2) is 0 Å². The number of nitrogens with zero attached hydrogens (tertiary/aromatic N) is 5. The van der Waals surface area contributed by atoms with Crippen molar-refractivity contribution < 1.29 is 4.74 Å². The summed E-state index contributed by atoms with van der Waals surface area (Å²) in [6.07, 6.45) is 15.9. The van der Waals surface area contributed by atoms with Crippen molar-refractivity contribution in [3.05, 3.63) is 24.9 Å². The largest absolute Gasteiger partial charge is 0.379 e. The van der Waals surface area contributed by atoms with Crippen LogP contribution in [0.4, 0.5) is 0 Å². The molecule has 0 unspecified atom stereocenters. The average Bonchev–Trinajstić information content (AvgIpc) is 3.37. The fourth-order valence-corrected chi connectivity index (χ4v) is 4.33. The molecule has 0 radical (unpaired) electrons. The second-order valence-electron chi connectivity index (χ2n) is 7.66. The summed E-state index contributed by atoms with van der Waals surface area (Å²) in [5.74, 6) is 0. The fourth-order valence-electron chi connectivity index (χ4n) is 4.33. The lowest BCUT2D eigenvalue weighted by Gasteiger charge is -2.31. The molecule has 6 heteroatoms. The molecule has 2 aromatic rings. The smallest absolute Gasteiger partial charge is 0.0954 e. The van der Waals surface area contributed by atoms with Crippen LogP contribution in [-0.2, 0) is 4.74 Å². The van der Waals surface area contributed by atoms with Gasteiger partial charge in [0.25, 0.3) is 0 Å². The first-order chi connectivity index (χ1) is 12.8. The van der Waals surface area contributed by atoms with Crippen LogP contribution < -0.4 is 0 Å². The Morgan fingerprint density at radius 2 is 1.96 bits per heavy atom. The molecule has 0 amide bonds. The summed E-state index contributed by atoms with van der Waals surface area (Å²) in [5, 5.41) is 4.69. The van der Waals surface area contributed by atoms with Crippen molar-refractivity contribution in [2.45, 2.75) is 57.5 Å². The first-order valence-corrected chi connectivity index (χ1v) is 10.2. The summed E-state index contributed by atoms with van der Waals surface area (Å²) in [7, 11) is 0. The van der Waals surface area contributed by atoms with Gasteiger partial charge in [0, 0.05) is 37.4 Å². The highest BCUT2D eigenvalue weighted by atomic mass is 16.5. The third kappa shape index (κ3) is 3.86. The van der Waals surface area contributed by atoms with Crippen molar-refractivity contribution in [1.82, 2.24) is 24.2 Å². The third-order valence-corrected chi connectivity index (χ3v) is 5.95. The van der Waals surface area contributed by atoms with Gasteiger partial charge >= 0.3 is 0 Å². The molecule has 1 saturated heterocycles. The normalized spacial score (nSPS) is 21.1. The quantitative estimate of drug-likeness (QED) is 0.793. The van der Waals surface area contributed by atoms with Crippen LogP contribution in [0.2, 0.25) is 0 Å². The van der Waals surface area contributed by atoms with Gasteiger partial charge in [-0.1, -0.05) is 26.2 Å². The van der Waals surface area contributed by atoms with E-state index in [1.807, 2.05) is 18.7 Å². The SMILES string of the molecule is CC[C@H](CN1CCOCC1)n1cncc1-c1cnn(C2CCCCC2)c1. The van der Waals surface area contributed by atoms with Crippen LogP contribution in [0.5, 0.6) is 0 Å². The monoisotopic (exact) mass is 357 g/mol. The molecule has 0 N–H and O–H groups in total. The lowest BCUT2D eigenvalue weighted by Crippen LogP contribution is -2.39. The van der Waals surface area contributed by atoms with E-state index in [-0.39, 0.29) is 0 Å². The summed E-state index contributed by atoms with van der Waals surface area (Å²) in [4.78, 5) is 6.97. The predicted octanol–water partition coefficient (Wildman–Crippen LogP) is 3.54. The van der Waals surface area contributed by atoms with E-state index in [2.05, 4.69) is 37.4 Å². The zero-order valence-electron chi connectivity index (χ0n) is 15.9. The Bertz CT molecular complexity index is 682. The molecule has 1 aliphatic carbocycles. The van der Waals surface area contributed by atoms with E-state index < -0.39 is 0 Å². The van der Waals surface area contributed by atoms with Gasteiger partial charge in [-0.2, -0.15) is 5.10 Å². The second-order valence-corrected chi connectivity index (χ2v) is 7.66. The van der Waals surface area contributed by atoms with Gasteiger partial charge in [-0.3, -0.25) is 9.58 Å². The zero-order chi connectivity index (χ0) is 17.8. The van der Waals surface area contributed by atoms with Crippen LogP contribution >= 0.6 is 0 Å². The Morgan fingerprint density at radius 3 is 2.73 bits per heavy atom. The Morgan fingerprint density at radius 1 is 1.15 bits per heavy atom. The summed E-state index contributed by atoms with van der Waals surface area (Å²) >= 11 is 0. The molecule has 4 rings (SSSR count). The van der Waals surface area contributed by atoms with Crippen LogP contribution in [0.3, 0.4) is 0 Å². The van der Waals surface area contributed by atoms with E-state index in [9.17, 15) is 0 Å². The van der Waals surface area contributed by atoms with E-state index in [0.29, 0.717) is 12.1 Å². The Balaban J connectivity index is 1.51. The maximum absolute atomic E-state index is 5.49. The molecule has 142 valence electrons. The number of rotatable bonds is 6.